The maximum absolute atomic E-state index is 6.22. The van der Waals surface area contributed by atoms with E-state index in [9.17, 15) is 0 Å². The van der Waals surface area contributed by atoms with Crippen LogP contribution in [0.25, 0.3) is 22.4 Å². The number of nitrogen functional groups attached to an aromatic ring is 1. The van der Waals surface area contributed by atoms with Crippen LogP contribution in [0.3, 0.4) is 0 Å². The normalized spacial score (nSPS) is 14.6. The van der Waals surface area contributed by atoms with E-state index in [0.717, 1.165) is 43.2 Å². The Morgan fingerprint density at radius 1 is 0.893 bits per heavy atom. The van der Waals surface area contributed by atoms with E-state index in [1.165, 1.54) is 0 Å². The Hall–Kier alpha value is -3.75. The van der Waals surface area contributed by atoms with Crippen LogP contribution in [0.4, 0.5) is 17.6 Å². The number of H-pyrrole nitrogens is 1. The molecule has 1 fully saturated rings. The van der Waals surface area contributed by atoms with Gasteiger partial charge in [0.15, 0.2) is 5.65 Å². The highest BCUT2D eigenvalue weighted by Crippen LogP contribution is 2.25. The zero-order valence-corrected chi connectivity index (χ0v) is 15.2. The lowest BCUT2D eigenvalue weighted by atomic mass is 10.2. The highest BCUT2D eigenvalue weighted by molar-refractivity contribution is 5.77. The zero-order chi connectivity index (χ0) is 18.9. The van der Waals surface area contributed by atoms with Crippen LogP contribution < -0.4 is 15.5 Å². The summed E-state index contributed by atoms with van der Waals surface area (Å²) in [5, 5.41) is 0. The molecule has 0 aliphatic carbocycles. The molecule has 3 N–H and O–H groups in total. The third-order valence-electron chi connectivity index (χ3n) is 4.88. The van der Waals surface area contributed by atoms with Crippen LogP contribution in [-0.4, -0.2) is 56.1 Å². The van der Waals surface area contributed by atoms with E-state index < -0.39 is 0 Å². The number of fused-ring (bicyclic) bond motifs is 1. The Morgan fingerprint density at radius 2 is 1.75 bits per heavy atom. The summed E-state index contributed by atoms with van der Waals surface area (Å²) in [6, 6.07) is 7.83. The fourth-order valence-corrected chi connectivity index (χ4v) is 3.37. The minimum absolute atomic E-state index is 0.404. The van der Waals surface area contributed by atoms with E-state index in [1.54, 1.807) is 12.4 Å². The number of anilines is 3. The minimum atomic E-state index is 0.404. The largest absolute Gasteiger partial charge is 0.383 e. The predicted octanol–water partition coefficient (Wildman–Crippen LogP) is 1.72. The average Bonchev–Trinajstić information content (AvgIpc) is 3.22. The number of nitrogens with two attached hydrogens (primary N) is 1. The molecule has 0 saturated carbocycles. The SMILES string of the molecule is Nc1nc(N2CCN(c3ccccn3)CC2)ncc1-c1cnc2[nH]ccc2n1. The standard InChI is InChI=1S/C19H19N9/c20-17-13(15-12-23-18-14(25-15)4-6-22-18)11-24-19(26-17)28-9-7-27(8-10-28)16-3-1-2-5-21-16/h1-6,11-12H,7-10H2,(H,22,23)(H2,20,24,26). The molecular formula is C19H19N9. The number of pyridine rings is 1. The topological polar surface area (TPSA) is 113 Å². The molecule has 0 aromatic carbocycles. The fraction of sp³-hybridized carbons (Fsp3) is 0.211. The second-order valence-electron chi connectivity index (χ2n) is 6.60. The molecule has 9 nitrogen and oxygen atoms in total. The third kappa shape index (κ3) is 2.96. The summed E-state index contributed by atoms with van der Waals surface area (Å²) in [6.45, 7) is 3.34. The number of piperazine rings is 1. The first kappa shape index (κ1) is 16.4. The highest BCUT2D eigenvalue weighted by Gasteiger charge is 2.21. The van der Waals surface area contributed by atoms with Crippen molar-refractivity contribution in [2.24, 2.45) is 0 Å². The molecule has 5 heterocycles. The molecule has 1 saturated heterocycles. The van der Waals surface area contributed by atoms with Crippen LogP contribution in [-0.2, 0) is 0 Å². The van der Waals surface area contributed by atoms with Gasteiger partial charge in [0.2, 0.25) is 5.95 Å². The van der Waals surface area contributed by atoms with Crippen LogP contribution in [0.2, 0.25) is 0 Å². The van der Waals surface area contributed by atoms with Gasteiger partial charge in [0.1, 0.15) is 17.2 Å². The van der Waals surface area contributed by atoms with Crippen molar-refractivity contribution < 1.29 is 0 Å². The van der Waals surface area contributed by atoms with Crippen molar-refractivity contribution in [2.75, 3.05) is 41.7 Å². The van der Waals surface area contributed by atoms with E-state index in [0.29, 0.717) is 23.0 Å². The van der Waals surface area contributed by atoms with E-state index in [-0.39, 0.29) is 0 Å². The molecule has 5 rings (SSSR count). The van der Waals surface area contributed by atoms with Crippen LogP contribution in [0.5, 0.6) is 0 Å². The molecule has 9 heteroatoms. The van der Waals surface area contributed by atoms with Crippen molar-refractivity contribution in [2.45, 2.75) is 0 Å². The number of nitrogens with one attached hydrogen (secondary N) is 1. The Morgan fingerprint density at radius 3 is 2.54 bits per heavy atom. The van der Waals surface area contributed by atoms with Crippen LogP contribution in [0.15, 0.2) is 49.1 Å². The molecule has 0 spiro atoms. The van der Waals surface area contributed by atoms with Gasteiger partial charge in [-0.1, -0.05) is 6.07 Å². The molecule has 0 bridgehead atoms. The van der Waals surface area contributed by atoms with Gasteiger partial charge in [-0.3, -0.25) is 0 Å². The molecule has 28 heavy (non-hydrogen) atoms. The first-order valence-corrected chi connectivity index (χ1v) is 9.12. The fourth-order valence-electron chi connectivity index (χ4n) is 3.37. The zero-order valence-electron chi connectivity index (χ0n) is 15.2. The summed E-state index contributed by atoms with van der Waals surface area (Å²) in [7, 11) is 0. The van der Waals surface area contributed by atoms with Crippen molar-refractivity contribution in [3.05, 3.63) is 49.1 Å². The quantitative estimate of drug-likeness (QED) is 0.558. The van der Waals surface area contributed by atoms with Crippen molar-refractivity contribution in [1.29, 1.82) is 0 Å². The first-order valence-electron chi connectivity index (χ1n) is 9.12. The number of aromatic nitrogens is 6. The van der Waals surface area contributed by atoms with Crippen molar-refractivity contribution in [1.82, 2.24) is 29.9 Å². The molecule has 140 valence electrons. The van der Waals surface area contributed by atoms with Gasteiger partial charge in [0.25, 0.3) is 0 Å². The molecule has 0 amide bonds. The van der Waals surface area contributed by atoms with Crippen molar-refractivity contribution in [3.63, 3.8) is 0 Å². The third-order valence-corrected chi connectivity index (χ3v) is 4.88. The van der Waals surface area contributed by atoms with Crippen molar-refractivity contribution in [3.8, 4) is 11.3 Å². The van der Waals surface area contributed by atoms with Gasteiger partial charge in [-0.2, -0.15) is 4.98 Å². The number of rotatable bonds is 3. The summed E-state index contributed by atoms with van der Waals surface area (Å²) >= 11 is 0. The molecule has 4 aromatic heterocycles. The molecule has 1 aliphatic heterocycles. The summed E-state index contributed by atoms with van der Waals surface area (Å²) in [6.07, 6.45) is 7.03. The maximum atomic E-state index is 6.22. The molecule has 0 unspecified atom stereocenters. The van der Waals surface area contributed by atoms with Gasteiger partial charge in [-0.05, 0) is 18.2 Å². The first-order chi connectivity index (χ1) is 13.8. The Balaban J connectivity index is 1.34. The monoisotopic (exact) mass is 373 g/mol. The van der Waals surface area contributed by atoms with E-state index >= 15 is 0 Å². The lowest BCUT2D eigenvalue weighted by Crippen LogP contribution is -2.47. The van der Waals surface area contributed by atoms with Gasteiger partial charge in [-0.25, -0.2) is 19.9 Å². The summed E-state index contributed by atoms with van der Waals surface area (Å²) in [5.41, 5.74) is 9.10. The lowest BCUT2D eigenvalue weighted by Gasteiger charge is -2.35. The number of aromatic amines is 1. The predicted molar refractivity (Wildman–Crippen MR) is 108 cm³/mol. The van der Waals surface area contributed by atoms with Gasteiger partial charge >= 0.3 is 0 Å². The molecule has 0 atom stereocenters. The van der Waals surface area contributed by atoms with Crippen molar-refractivity contribution >= 4 is 28.7 Å². The second kappa shape index (κ2) is 6.76. The lowest BCUT2D eigenvalue weighted by molar-refractivity contribution is 0.635. The summed E-state index contributed by atoms with van der Waals surface area (Å²) in [5.74, 6) is 2.04. The van der Waals surface area contributed by atoms with E-state index in [2.05, 4.69) is 39.7 Å². The van der Waals surface area contributed by atoms with Gasteiger partial charge in [0.05, 0.1) is 17.5 Å². The summed E-state index contributed by atoms with van der Waals surface area (Å²) < 4.78 is 0. The smallest absolute Gasteiger partial charge is 0.227 e. The number of nitrogens with zero attached hydrogens (tertiary/aromatic N) is 7. The van der Waals surface area contributed by atoms with Crippen LogP contribution in [0.1, 0.15) is 0 Å². The number of hydrogen-bond donors (Lipinski definition) is 2. The van der Waals surface area contributed by atoms with Gasteiger partial charge < -0.3 is 20.5 Å². The summed E-state index contributed by atoms with van der Waals surface area (Å²) in [4.78, 5) is 29.8. The van der Waals surface area contributed by atoms with Crippen LogP contribution >= 0.6 is 0 Å². The van der Waals surface area contributed by atoms with Crippen LogP contribution in [0, 0.1) is 0 Å². The van der Waals surface area contributed by atoms with E-state index in [1.807, 2.05) is 36.7 Å². The van der Waals surface area contributed by atoms with E-state index in [4.69, 9.17) is 5.73 Å². The number of hydrogen-bond acceptors (Lipinski definition) is 8. The Labute approximate surface area is 161 Å². The van der Waals surface area contributed by atoms with Gasteiger partial charge in [-0.15, -0.1) is 0 Å². The molecule has 4 aromatic rings. The molecular weight excluding hydrogens is 354 g/mol. The maximum Gasteiger partial charge on any atom is 0.227 e. The highest BCUT2D eigenvalue weighted by atomic mass is 15.3. The Bertz CT molecular complexity index is 1100. The Kier molecular flexibility index (Phi) is 3.97. The average molecular weight is 373 g/mol. The molecule has 1 aliphatic rings. The second-order valence-corrected chi connectivity index (χ2v) is 6.60. The minimum Gasteiger partial charge on any atom is -0.383 e. The van der Waals surface area contributed by atoms with Gasteiger partial charge in [0, 0.05) is 44.8 Å². The molecule has 0 radical (unpaired) electrons.